The minimum atomic E-state index is 0.424. The summed E-state index contributed by atoms with van der Waals surface area (Å²) < 4.78 is 5.20. The zero-order valence-corrected chi connectivity index (χ0v) is 10.5. The van der Waals surface area contributed by atoms with Gasteiger partial charge < -0.3 is 10.1 Å². The summed E-state index contributed by atoms with van der Waals surface area (Å²) in [7, 11) is 1.62. The van der Waals surface area contributed by atoms with Gasteiger partial charge in [-0.15, -0.1) is 0 Å². The van der Waals surface area contributed by atoms with E-state index in [4.69, 9.17) is 16.3 Å². The number of ether oxygens (including phenoxy) is 1. The number of pyridine rings is 1. The molecule has 1 N–H and O–H groups in total. The van der Waals surface area contributed by atoms with Crippen LogP contribution in [-0.2, 0) is 0 Å². The SMILES string of the molecule is COc1cc(C2=C[C@H]3NCC[C@H]3C2)cnc1Cl. The van der Waals surface area contributed by atoms with Crippen molar-refractivity contribution in [2.45, 2.75) is 18.9 Å². The van der Waals surface area contributed by atoms with E-state index < -0.39 is 0 Å². The number of halogens is 1. The van der Waals surface area contributed by atoms with Crippen molar-refractivity contribution in [3.63, 3.8) is 0 Å². The molecule has 1 aliphatic carbocycles. The molecule has 90 valence electrons. The normalized spacial score (nSPS) is 26.8. The Kier molecular flexibility index (Phi) is 2.81. The van der Waals surface area contributed by atoms with E-state index >= 15 is 0 Å². The van der Waals surface area contributed by atoms with Crippen molar-refractivity contribution in [3.05, 3.63) is 29.1 Å². The Bertz CT molecular complexity index is 472. The lowest BCUT2D eigenvalue weighted by atomic mass is 10.00. The largest absolute Gasteiger partial charge is 0.494 e. The van der Waals surface area contributed by atoms with Gasteiger partial charge >= 0.3 is 0 Å². The van der Waals surface area contributed by atoms with Crippen molar-refractivity contribution in [2.24, 2.45) is 5.92 Å². The first kappa shape index (κ1) is 11.1. The van der Waals surface area contributed by atoms with Crippen LogP contribution in [0.3, 0.4) is 0 Å². The molecule has 0 bridgehead atoms. The highest BCUT2D eigenvalue weighted by Gasteiger charge is 2.31. The Morgan fingerprint density at radius 2 is 2.41 bits per heavy atom. The van der Waals surface area contributed by atoms with Crippen LogP contribution in [-0.4, -0.2) is 24.7 Å². The molecule has 0 aromatic carbocycles. The van der Waals surface area contributed by atoms with Crippen molar-refractivity contribution in [1.82, 2.24) is 10.3 Å². The van der Waals surface area contributed by atoms with Gasteiger partial charge in [-0.3, -0.25) is 0 Å². The second kappa shape index (κ2) is 4.31. The lowest BCUT2D eigenvalue weighted by Crippen LogP contribution is -2.20. The summed E-state index contributed by atoms with van der Waals surface area (Å²) in [6.07, 6.45) is 6.55. The number of methoxy groups -OCH3 is 1. The fourth-order valence-electron chi connectivity index (χ4n) is 2.73. The van der Waals surface area contributed by atoms with Crippen molar-refractivity contribution >= 4 is 17.2 Å². The summed E-state index contributed by atoms with van der Waals surface area (Å²) >= 11 is 5.93. The second-order valence-electron chi connectivity index (χ2n) is 4.64. The predicted octanol–water partition coefficient (Wildman–Crippen LogP) is 2.51. The Labute approximate surface area is 106 Å². The highest BCUT2D eigenvalue weighted by molar-refractivity contribution is 6.30. The van der Waals surface area contributed by atoms with Crippen molar-refractivity contribution in [2.75, 3.05) is 13.7 Å². The number of rotatable bonds is 2. The molecule has 0 radical (unpaired) electrons. The summed E-state index contributed by atoms with van der Waals surface area (Å²) in [5, 5.41) is 3.93. The Morgan fingerprint density at radius 3 is 3.18 bits per heavy atom. The van der Waals surface area contributed by atoms with E-state index in [1.807, 2.05) is 12.3 Å². The van der Waals surface area contributed by atoms with Crippen molar-refractivity contribution < 1.29 is 4.74 Å². The fraction of sp³-hybridized carbons (Fsp3) is 0.462. The van der Waals surface area contributed by atoms with Crippen LogP contribution < -0.4 is 10.1 Å². The molecule has 17 heavy (non-hydrogen) atoms. The summed E-state index contributed by atoms with van der Waals surface area (Å²) in [6.45, 7) is 1.14. The maximum Gasteiger partial charge on any atom is 0.171 e. The number of hydrogen-bond donors (Lipinski definition) is 1. The molecule has 1 aliphatic heterocycles. The van der Waals surface area contributed by atoms with Crippen LogP contribution in [0.1, 0.15) is 18.4 Å². The molecule has 1 fully saturated rings. The third-order valence-electron chi connectivity index (χ3n) is 3.66. The van der Waals surface area contributed by atoms with Gasteiger partial charge in [0.2, 0.25) is 0 Å². The minimum absolute atomic E-state index is 0.424. The van der Waals surface area contributed by atoms with Gasteiger partial charge in [-0.05, 0) is 42.5 Å². The monoisotopic (exact) mass is 250 g/mol. The van der Waals surface area contributed by atoms with Gasteiger partial charge in [0, 0.05) is 12.2 Å². The summed E-state index contributed by atoms with van der Waals surface area (Å²) in [6, 6.07) is 2.52. The number of nitrogens with zero attached hydrogens (tertiary/aromatic N) is 1. The first-order valence-electron chi connectivity index (χ1n) is 5.92. The Balaban J connectivity index is 1.90. The molecule has 2 atom stereocenters. The molecule has 3 nitrogen and oxygen atoms in total. The fourth-order valence-corrected chi connectivity index (χ4v) is 2.91. The predicted molar refractivity (Wildman–Crippen MR) is 68.3 cm³/mol. The van der Waals surface area contributed by atoms with Gasteiger partial charge in [0.25, 0.3) is 0 Å². The van der Waals surface area contributed by atoms with Crippen LogP contribution in [0.25, 0.3) is 5.57 Å². The molecule has 1 saturated heterocycles. The van der Waals surface area contributed by atoms with Gasteiger partial charge in [-0.1, -0.05) is 17.7 Å². The van der Waals surface area contributed by atoms with E-state index in [1.54, 1.807) is 7.11 Å². The third-order valence-corrected chi connectivity index (χ3v) is 3.95. The highest BCUT2D eigenvalue weighted by Crippen LogP contribution is 2.38. The summed E-state index contributed by atoms with van der Waals surface area (Å²) in [4.78, 5) is 4.17. The highest BCUT2D eigenvalue weighted by atomic mass is 35.5. The number of nitrogens with one attached hydrogen (secondary N) is 1. The van der Waals surface area contributed by atoms with Crippen LogP contribution in [0.4, 0.5) is 0 Å². The van der Waals surface area contributed by atoms with Gasteiger partial charge in [0.15, 0.2) is 10.9 Å². The van der Waals surface area contributed by atoms with Gasteiger partial charge in [0.05, 0.1) is 7.11 Å². The molecule has 2 heterocycles. The maximum atomic E-state index is 5.93. The molecular formula is C13H15ClN2O. The number of allylic oxidation sites excluding steroid dienone is 1. The molecule has 0 unspecified atom stereocenters. The van der Waals surface area contributed by atoms with Crippen LogP contribution >= 0.6 is 11.6 Å². The first-order valence-corrected chi connectivity index (χ1v) is 6.29. The number of hydrogen-bond acceptors (Lipinski definition) is 3. The standard InChI is InChI=1S/C13H15ClN2O/c1-17-12-6-10(7-16-13(12)14)9-4-8-2-3-15-11(8)5-9/h5-8,11,15H,2-4H2,1H3/t8-,11+/m0/s1. The van der Waals surface area contributed by atoms with E-state index in [2.05, 4.69) is 16.4 Å². The lowest BCUT2D eigenvalue weighted by Gasteiger charge is -2.08. The summed E-state index contributed by atoms with van der Waals surface area (Å²) in [5.41, 5.74) is 2.48. The van der Waals surface area contributed by atoms with E-state index in [9.17, 15) is 0 Å². The smallest absolute Gasteiger partial charge is 0.171 e. The van der Waals surface area contributed by atoms with Gasteiger partial charge in [-0.2, -0.15) is 0 Å². The van der Waals surface area contributed by atoms with E-state index in [-0.39, 0.29) is 0 Å². The third kappa shape index (κ3) is 1.94. The molecule has 1 aromatic heterocycles. The molecule has 3 rings (SSSR count). The zero-order chi connectivity index (χ0) is 11.8. The summed E-state index contributed by atoms with van der Waals surface area (Å²) in [5.74, 6) is 1.40. The molecular weight excluding hydrogens is 236 g/mol. The van der Waals surface area contributed by atoms with Crippen LogP contribution in [0.15, 0.2) is 18.3 Å². The Morgan fingerprint density at radius 1 is 1.53 bits per heavy atom. The van der Waals surface area contributed by atoms with Crippen LogP contribution in [0.5, 0.6) is 5.75 Å². The Hall–Kier alpha value is -1.06. The quantitative estimate of drug-likeness (QED) is 0.819. The maximum absolute atomic E-state index is 5.93. The number of fused-ring (bicyclic) bond motifs is 1. The zero-order valence-electron chi connectivity index (χ0n) is 9.74. The van der Waals surface area contributed by atoms with Crippen LogP contribution in [0.2, 0.25) is 5.15 Å². The topological polar surface area (TPSA) is 34.1 Å². The molecule has 2 aliphatic rings. The first-order chi connectivity index (χ1) is 8.28. The second-order valence-corrected chi connectivity index (χ2v) is 5.00. The van der Waals surface area contributed by atoms with Crippen molar-refractivity contribution in [3.8, 4) is 5.75 Å². The molecule has 4 heteroatoms. The minimum Gasteiger partial charge on any atom is -0.494 e. The van der Waals surface area contributed by atoms with E-state index in [0.717, 1.165) is 24.4 Å². The average molecular weight is 251 g/mol. The number of aromatic nitrogens is 1. The average Bonchev–Trinajstić information content (AvgIpc) is 2.90. The molecule has 0 spiro atoms. The van der Waals surface area contributed by atoms with Gasteiger partial charge in [-0.25, -0.2) is 4.98 Å². The van der Waals surface area contributed by atoms with E-state index in [0.29, 0.717) is 16.9 Å². The molecule has 0 amide bonds. The van der Waals surface area contributed by atoms with Crippen molar-refractivity contribution in [1.29, 1.82) is 0 Å². The van der Waals surface area contributed by atoms with E-state index in [1.165, 1.54) is 12.0 Å². The lowest BCUT2D eigenvalue weighted by molar-refractivity contribution is 0.413. The van der Waals surface area contributed by atoms with Gasteiger partial charge in [0.1, 0.15) is 0 Å². The molecule has 0 saturated carbocycles. The molecule has 1 aromatic rings. The van der Waals surface area contributed by atoms with Crippen LogP contribution in [0, 0.1) is 5.92 Å².